The number of ether oxygens (including phenoxy) is 1. The van der Waals surface area contributed by atoms with Crippen LogP contribution in [0.2, 0.25) is 0 Å². The van der Waals surface area contributed by atoms with Crippen molar-refractivity contribution < 1.29 is 19.0 Å². The van der Waals surface area contributed by atoms with Crippen LogP contribution in [0.4, 0.5) is 4.39 Å². The van der Waals surface area contributed by atoms with Gasteiger partial charge in [0.2, 0.25) is 0 Å². The fourth-order valence-corrected chi connectivity index (χ4v) is 3.86. The van der Waals surface area contributed by atoms with Crippen LogP contribution in [0.5, 0.6) is 0 Å². The molecule has 2 aromatic rings. The smallest absolute Gasteiger partial charge is 0.337 e. The number of carboxylic acids is 1. The summed E-state index contributed by atoms with van der Waals surface area (Å²) in [7, 11) is 0. The second kappa shape index (κ2) is 6.20. The molecule has 2 fully saturated rings. The van der Waals surface area contributed by atoms with Gasteiger partial charge in [-0.1, -0.05) is 6.07 Å². The van der Waals surface area contributed by atoms with E-state index in [1.807, 2.05) is 18.2 Å². The topological polar surface area (TPSA) is 62.7 Å². The van der Waals surface area contributed by atoms with Crippen LogP contribution in [0, 0.1) is 11.7 Å². The van der Waals surface area contributed by atoms with E-state index in [4.69, 9.17) is 4.74 Å². The minimum atomic E-state index is -1.06. The van der Waals surface area contributed by atoms with Gasteiger partial charge in [-0.3, -0.25) is 9.88 Å². The number of benzene rings is 1. The predicted molar refractivity (Wildman–Crippen MR) is 89.3 cm³/mol. The predicted octanol–water partition coefficient (Wildman–Crippen LogP) is 2.56. The molecule has 0 spiro atoms. The standard InChI is InChI=1S/C19H19FN2O3/c20-15-6-4-13(5-7-15)17-3-1-2-16(21-17)11-22-10-14-8-9-25-19(14,12-22)18(23)24/h1-7,14H,8-12H2,(H,23,24)/t14-,19+/m1/s1. The second-order valence-corrected chi connectivity index (χ2v) is 6.72. The average molecular weight is 342 g/mol. The molecular weight excluding hydrogens is 323 g/mol. The number of carboxylic acid groups (broad SMARTS) is 1. The van der Waals surface area contributed by atoms with Crippen LogP contribution in [-0.4, -0.2) is 46.3 Å². The molecule has 2 aliphatic heterocycles. The van der Waals surface area contributed by atoms with Crippen LogP contribution in [0.25, 0.3) is 11.3 Å². The Kier molecular flexibility index (Phi) is 4.01. The first kappa shape index (κ1) is 16.2. The highest BCUT2D eigenvalue weighted by Gasteiger charge is 2.56. The van der Waals surface area contributed by atoms with Crippen molar-refractivity contribution in [1.82, 2.24) is 9.88 Å². The van der Waals surface area contributed by atoms with E-state index in [1.165, 1.54) is 12.1 Å². The van der Waals surface area contributed by atoms with Gasteiger partial charge < -0.3 is 9.84 Å². The van der Waals surface area contributed by atoms with E-state index in [2.05, 4.69) is 9.88 Å². The highest BCUT2D eigenvalue weighted by atomic mass is 19.1. The number of likely N-dealkylation sites (tertiary alicyclic amines) is 1. The van der Waals surface area contributed by atoms with Crippen molar-refractivity contribution in [1.29, 1.82) is 0 Å². The van der Waals surface area contributed by atoms with E-state index in [9.17, 15) is 14.3 Å². The van der Waals surface area contributed by atoms with E-state index >= 15 is 0 Å². The summed E-state index contributed by atoms with van der Waals surface area (Å²) in [5, 5.41) is 9.58. The molecule has 0 aliphatic carbocycles. The Labute approximate surface area is 145 Å². The van der Waals surface area contributed by atoms with Gasteiger partial charge in [0.05, 0.1) is 11.4 Å². The van der Waals surface area contributed by atoms with Crippen molar-refractivity contribution >= 4 is 5.97 Å². The molecule has 25 heavy (non-hydrogen) atoms. The largest absolute Gasteiger partial charge is 0.479 e. The van der Waals surface area contributed by atoms with Gasteiger partial charge in [0.15, 0.2) is 5.60 Å². The molecule has 3 heterocycles. The van der Waals surface area contributed by atoms with Crippen LogP contribution in [0.1, 0.15) is 12.1 Å². The lowest BCUT2D eigenvalue weighted by Crippen LogP contribution is -2.45. The summed E-state index contributed by atoms with van der Waals surface area (Å²) in [6, 6.07) is 12.0. The van der Waals surface area contributed by atoms with Crippen molar-refractivity contribution in [2.24, 2.45) is 5.92 Å². The summed E-state index contributed by atoms with van der Waals surface area (Å²) in [4.78, 5) is 18.4. The van der Waals surface area contributed by atoms with E-state index in [0.717, 1.165) is 23.4 Å². The molecule has 5 nitrogen and oxygen atoms in total. The number of rotatable bonds is 4. The minimum absolute atomic E-state index is 0.0327. The Hall–Kier alpha value is -2.31. The highest BCUT2D eigenvalue weighted by Crippen LogP contribution is 2.39. The summed E-state index contributed by atoms with van der Waals surface area (Å²) in [5.41, 5.74) is 1.43. The second-order valence-electron chi connectivity index (χ2n) is 6.72. The molecule has 2 aliphatic rings. The molecule has 4 rings (SSSR count). The molecule has 1 aromatic heterocycles. The van der Waals surface area contributed by atoms with Crippen LogP contribution >= 0.6 is 0 Å². The maximum absolute atomic E-state index is 13.1. The van der Waals surface area contributed by atoms with Gasteiger partial charge in [-0.05, 0) is 42.8 Å². The van der Waals surface area contributed by atoms with Crippen LogP contribution in [0.3, 0.4) is 0 Å². The molecule has 0 saturated carbocycles. The number of carbonyl (C=O) groups is 1. The number of pyridine rings is 1. The van der Waals surface area contributed by atoms with Crippen LogP contribution < -0.4 is 0 Å². The lowest BCUT2D eigenvalue weighted by molar-refractivity contribution is -0.161. The lowest BCUT2D eigenvalue weighted by atomic mass is 9.91. The Morgan fingerprint density at radius 1 is 1.32 bits per heavy atom. The molecule has 130 valence electrons. The third kappa shape index (κ3) is 2.92. The van der Waals surface area contributed by atoms with Gasteiger partial charge in [0.25, 0.3) is 0 Å². The zero-order chi connectivity index (χ0) is 17.4. The molecule has 1 N–H and O–H groups in total. The number of halogens is 1. The van der Waals surface area contributed by atoms with Gasteiger partial charge >= 0.3 is 5.97 Å². The summed E-state index contributed by atoms with van der Waals surface area (Å²) in [6.45, 7) is 2.18. The van der Waals surface area contributed by atoms with E-state index in [1.54, 1.807) is 12.1 Å². The average Bonchev–Trinajstić information content (AvgIpc) is 3.14. The summed E-state index contributed by atoms with van der Waals surface area (Å²) >= 11 is 0. The van der Waals surface area contributed by atoms with Crippen molar-refractivity contribution in [3.8, 4) is 11.3 Å². The van der Waals surface area contributed by atoms with Gasteiger partial charge in [0.1, 0.15) is 5.82 Å². The number of hydrogen-bond acceptors (Lipinski definition) is 4. The maximum atomic E-state index is 13.1. The fourth-order valence-electron chi connectivity index (χ4n) is 3.86. The zero-order valence-electron chi connectivity index (χ0n) is 13.7. The maximum Gasteiger partial charge on any atom is 0.337 e. The highest BCUT2D eigenvalue weighted by molar-refractivity contribution is 5.79. The molecule has 0 unspecified atom stereocenters. The lowest BCUT2D eigenvalue weighted by Gasteiger charge is -2.23. The monoisotopic (exact) mass is 342 g/mol. The van der Waals surface area contributed by atoms with Crippen molar-refractivity contribution in [3.05, 3.63) is 54.0 Å². The van der Waals surface area contributed by atoms with Gasteiger partial charge in [-0.2, -0.15) is 0 Å². The summed E-state index contributed by atoms with van der Waals surface area (Å²) in [6.07, 6.45) is 0.784. The normalized spacial score (nSPS) is 25.9. The molecule has 0 bridgehead atoms. The first-order chi connectivity index (χ1) is 12.1. The molecule has 0 amide bonds. The van der Waals surface area contributed by atoms with Crippen LogP contribution in [0.15, 0.2) is 42.5 Å². The first-order valence-corrected chi connectivity index (χ1v) is 8.38. The van der Waals surface area contributed by atoms with Gasteiger partial charge in [-0.25, -0.2) is 9.18 Å². The van der Waals surface area contributed by atoms with Gasteiger partial charge in [0, 0.05) is 37.7 Å². The van der Waals surface area contributed by atoms with Crippen molar-refractivity contribution in [2.75, 3.05) is 19.7 Å². The SMILES string of the molecule is O=C(O)[C@]12CN(Cc3cccc(-c4ccc(F)cc4)n3)C[C@H]1CCO2. The third-order valence-electron chi connectivity index (χ3n) is 5.12. The summed E-state index contributed by atoms with van der Waals surface area (Å²) in [5.74, 6) is -1.11. The Morgan fingerprint density at radius 2 is 2.12 bits per heavy atom. The summed E-state index contributed by atoms with van der Waals surface area (Å²) < 4.78 is 18.7. The number of fused-ring (bicyclic) bond motifs is 1. The van der Waals surface area contributed by atoms with Crippen LogP contribution in [-0.2, 0) is 16.1 Å². The molecule has 0 radical (unpaired) electrons. The molecule has 2 atom stereocenters. The first-order valence-electron chi connectivity index (χ1n) is 8.38. The van der Waals surface area contributed by atoms with E-state index < -0.39 is 11.6 Å². The van der Waals surface area contributed by atoms with Gasteiger partial charge in [-0.15, -0.1) is 0 Å². The zero-order valence-corrected chi connectivity index (χ0v) is 13.7. The van der Waals surface area contributed by atoms with Crippen molar-refractivity contribution in [3.63, 3.8) is 0 Å². The minimum Gasteiger partial charge on any atom is -0.479 e. The molecule has 1 aromatic carbocycles. The number of aliphatic carboxylic acids is 1. The van der Waals surface area contributed by atoms with Crippen molar-refractivity contribution in [2.45, 2.75) is 18.6 Å². The number of nitrogens with zero attached hydrogens (tertiary/aromatic N) is 2. The van der Waals surface area contributed by atoms with E-state index in [0.29, 0.717) is 26.2 Å². The fraction of sp³-hybridized carbons (Fsp3) is 0.368. The molecule has 2 saturated heterocycles. The van der Waals surface area contributed by atoms with E-state index in [-0.39, 0.29) is 11.7 Å². The Bertz CT molecular complexity index is 796. The Morgan fingerprint density at radius 3 is 2.84 bits per heavy atom. The number of aromatic nitrogens is 1. The molecular formula is C19H19FN2O3. The number of hydrogen-bond donors (Lipinski definition) is 1. The molecule has 6 heteroatoms. The quantitative estimate of drug-likeness (QED) is 0.925. The Balaban J connectivity index is 1.51. The third-order valence-corrected chi connectivity index (χ3v) is 5.12.